The molecule has 3 heterocycles. The summed E-state index contributed by atoms with van der Waals surface area (Å²) in [4.78, 5) is 20.8. The van der Waals surface area contributed by atoms with Gasteiger partial charge in [-0.15, -0.1) is 0 Å². The third-order valence-electron chi connectivity index (χ3n) is 5.34. The molecule has 1 aliphatic heterocycles. The quantitative estimate of drug-likeness (QED) is 0.897. The van der Waals surface area contributed by atoms with Gasteiger partial charge < -0.3 is 19.4 Å². The first-order valence-electron chi connectivity index (χ1n) is 9.17. The third kappa shape index (κ3) is 3.19. The zero-order valence-electron chi connectivity index (χ0n) is 15.0. The van der Waals surface area contributed by atoms with Crippen LogP contribution in [-0.2, 0) is 12.8 Å². The number of carbonyl (C=O) groups is 1. The van der Waals surface area contributed by atoms with E-state index >= 15 is 0 Å². The highest BCUT2D eigenvalue weighted by atomic mass is 16.5. The molecule has 0 saturated carbocycles. The second-order valence-electron chi connectivity index (χ2n) is 7.39. The minimum Gasteiger partial charge on any atom is -0.386 e. The lowest BCUT2D eigenvalue weighted by Gasteiger charge is -2.29. The summed E-state index contributed by atoms with van der Waals surface area (Å²) in [5, 5.41) is 15.0. The fourth-order valence-corrected chi connectivity index (χ4v) is 3.97. The van der Waals surface area contributed by atoms with Crippen LogP contribution in [-0.4, -0.2) is 58.3 Å². The molecule has 0 bridgehead atoms. The number of β-amino-alcohol motifs (C(OH)–C–C–N with tert-alkyl or cyclic N) is 1. The molecule has 1 aliphatic carbocycles. The maximum absolute atomic E-state index is 12.8. The average Bonchev–Trinajstić information content (AvgIpc) is 3.26. The molecule has 1 fully saturated rings. The highest BCUT2D eigenvalue weighted by Gasteiger charge is 2.39. The van der Waals surface area contributed by atoms with E-state index in [1.165, 1.54) is 0 Å². The molecule has 0 aromatic carbocycles. The van der Waals surface area contributed by atoms with E-state index in [-0.39, 0.29) is 12.5 Å². The molecule has 0 radical (unpaired) electrons. The molecule has 138 valence electrons. The fraction of sp³-hybridized carbons (Fsp3) is 0.526. The second-order valence-corrected chi connectivity index (χ2v) is 7.39. The summed E-state index contributed by atoms with van der Waals surface area (Å²) >= 11 is 0. The van der Waals surface area contributed by atoms with Crippen molar-refractivity contribution in [2.24, 2.45) is 0 Å². The number of nitrogens with zero attached hydrogens (tertiary/aromatic N) is 4. The molecule has 1 unspecified atom stereocenters. The Balaban J connectivity index is 1.44. The van der Waals surface area contributed by atoms with Gasteiger partial charge in [-0.2, -0.15) is 0 Å². The van der Waals surface area contributed by atoms with E-state index in [2.05, 4.69) is 15.0 Å². The molecule has 2 aliphatic rings. The maximum Gasteiger partial charge on any atom is 0.276 e. The number of fused-ring (bicyclic) bond motifs is 1. The largest absolute Gasteiger partial charge is 0.386 e. The monoisotopic (exact) mass is 356 g/mol. The fourth-order valence-electron chi connectivity index (χ4n) is 3.97. The molecule has 7 nitrogen and oxygen atoms in total. The Kier molecular flexibility index (Phi) is 4.40. The molecule has 1 amide bonds. The zero-order chi connectivity index (χ0) is 18.1. The Morgan fingerprint density at radius 1 is 1.38 bits per heavy atom. The number of carbonyl (C=O) groups excluding carboxylic acids is 1. The number of hydrogen-bond donors (Lipinski definition) is 1. The van der Waals surface area contributed by atoms with Gasteiger partial charge in [-0.3, -0.25) is 4.79 Å². The zero-order valence-corrected chi connectivity index (χ0v) is 15.0. The van der Waals surface area contributed by atoms with Crippen molar-refractivity contribution in [2.45, 2.75) is 37.7 Å². The van der Waals surface area contributed by atoms with Gasteiger partial charge in [-0.05, 0) is 37.8 Å². The first-order valence-corrected chi connectivity index (χ1v) is 9.17. The summed E-state index contributed by atoms with van der Waals surface area (Å²) in [6.07, 6.45) is 6.16. The van der Waals surface area contributed by atoms with Crippen LogP contribution in [0.3, 0.4) is 0 Å². The summed E-state index contributed by atoms with van der Waals surface area (Å²) in [6.45, 7) is 1.43. The first-order chi connectivity index (χ1) is 12.6. The van der Waals surface area contributed by atoms with Crippen molar-refractivity contribution < 1.29 is 14.4 Å². The number of pyridine rings is 1. The van der Waals surface area contributed by atoms with Crippen molar-refractivity contribution in [3.8, 4) is 0 Å². The number of anilines is 1. The van der Waals surface area contributed by atoms with E-state index in [1.807, 2.05) is 18.2 Å². The molecule has 4 rings (SSSR count). The molecule has 26 heavy (non-hydrogen) atoms. The number of likely N-dealkylation sites (N-methyl/N-ethyl adjacent to an activating group) is 1. The van der Waals surface area contributed by atoms with Gasteiger partial charge in [0.05, 0.1) is 6.54 Å². The Bertz CT molecular complexity index is 791. The van der Waals surface area contributed by atoms with E-state index in [4.69, 9.17) is 4.52 Å². The predicted molar refractivity (Wildman–Crippen MR) is 96.1 cm³/mol. The standard InChI is InChI=1S/C19H24N4O3/c1-22(18(24)17-14-6-2-3-7-15(14)26-21-17)12-19(25)9-11-23(13-19)16-8-4-5-10-20-16/h4-5,8,10,25H,2-3,6-7,9,11-13H2,1H3. The molecular weight excluding hydrogens is 332 g/mol. The lowest BCUT2D eigenvalue weighted by molar-refractivity contribution is 0.0259. The number of rotatable bonds is 4. The van der Waals surface area contributed by atoms with Crippen molar-refractivity contribution in [1.82, 2.24) is 15.0 Å². The molecule has 1 atom stereocenters. The summed E-state index contributed by atoms with van der Waals surface area (Å²) in [5.41, 5.74) is 0.401. The van der Waals surface area contributed by atoms with E-state index < -0.39 is 5.60 Å². The molecule has 1 N–H and O–H groups in total. The molecule has 2 aromatic heterocycles. The van der Waals surface area contributed by atoms with Crippen molar-refractivity contribution in [1.29, 1.82) is 0 Å². The van der Waals surface area contributed by atoms with Crippen LogP contribution in [0, 0.1) is 0 Å². The number of amides is 1. The van der Waals surface area contributed by atoms with E-state index in [0.29, 0.717) is 18.7 Å². The van der Waals surface area contributed by atoms with Gasteiger partial charge in [0.25, 0.3) is 5.91 Å². The first kappa shape index (κ1) is 17.0. The number of aryl methyl sites for hydroxylation is 1. The van der Waals surface area contributed by atoms with Crippen molar-refractivity contribution in [3.63, 3.8) is 0 Å². The summed E-state index contributed by atoms with van der Waals surface area (Å²) in [7, 11) is 1.72. The van der Waals surface area contributed by atoms with Crippen LogP contribution in [0.2, 0.25) is 0 Å². The van der Waals surface area contributed by atoms with E-state index in [1.54, 1.807) is 18.1 Å². The Hall–Kier alpha value is -2.41. The maximum atomic E-state index is 12.8. The van der Waals surface area contributed by atoms with Crippen LogP contribution in [0.4, 0.5) is 5.82 Å². The van der Waals surface area contributed by atoms with Crippen molar-refractivity contribution >= 4 is 11.7 Å². The van der Waals surface area contributed by atoms with Gasteiger partial charge in [0.2, 0.25) is 0 Å². The highest BCUT2D eigenvalue weighted by Crippen LogP contribution is 2.28. The number of aromatic nitrogens is 2. The van der Waals surface area contributed by atoms with Crippen molar-refractivity contribution in [3.05, 3.63) is 41.4 Å². The summed E-state index contributed by atoms with van der Waals surface area (Å²) in [6, 6.07) is 5.74. The molecule has 1 saturated heterocycles. The molecule has 7 heteroatoms. The van der Waals surface area contributed by atoms with Crippen LogP contribution >= 0.6 is 0 Å². The van der Waals surface area contributed by atoms with E-state index in [9.17, 15) is 9.90 Å². The van der Waals surface area contributed by atoms with Crippen molar-refractivity contribution in [2.75, 3.05) is 31.6 Å². The van der Waals surface area contributed by atoms with Gasteiger partial charge in [0, 0.05) is 38.3 Å². The minimum absolute atomic E-state index is 0.179. The van der Waals surface area contributed by atoms with Crippen LogP contribution in [0.25, 0.3) is 0 Å². The average molecular weight is 356 g/mol. The summed E-state index contributed by atoms with van der Waals surface area (Å²) < 4.78 is 5.35. The Morgan fingerprint density at radius 2 is 2.23 bits per heavy atom. The third-order valence-corrected chi connectivity index (χ3v) is 5.34. The molecule has 2 aromatic rings. The SMILES string of the molecule is CN(CC1(O)CCN(c2ccccn2)C1)C(=O)c1noc2c1CCCC2. The Morgan fingerprint density at radius 3 is 3.04 bits per heavy atom. The molecular formula is C19H24N4O3. The van der Waals surface area contributed by atoms with Gasteiger partial charge in [0.1, 0.15) is 17.2 Å². The van der Waals surface area contributed by atoms with Crippen LogP contribution < -0.4 is 4.90 Å². The minimum atomic E-state index is -0.953. The van der Waals surface area contributed by atoms with Gasteiger partial charge in [-0.1, -0.05) is 11.2 Å². The normalized spacial score (nSPS) is 22.3. The Labute approximate surface area is 152 Å². The number of hydrogen-bond acceptors (Lipinski definition) is 6. The lowest BCUT2D eigenvalue weighted by atomic mass is 9.96. The van der Waals surface area contributed by atoms with Gasteiger partial charge in [-0.25, -0.2) is 4.98 Å². The topological polar surface area (TPSA) is 82.7 Å². The van der Waals surface area contributed by atoms with Crippen LogP contribution in [0.1, 0.15) is 41.1 Å². The molecule has 0 spiro atoms. The van der Waals surface area contributed by atoms with Crippen LogP contribution in [0.5, 0.6) is 0 Å². The summed E-state index contributed by atoms with van der Waals surface area (Å²) in [5.74, 6) is 1.51. The van der Waals surface area contributed by atoms with E-state index in [0.717, 1.165) is 49.4 Å². The van der Waals surface area contributed by atoms with Gasteiger partial charge in [0.15, 0.2) is 5.69 Å². The highest BCUT2D eigenvalue weighted by molar-refractivity contribution is 5.93. The second kappa shape index (κ2) is 6.72. The lowest BCUT2D eigenvalue weighted by Crippen LogP contribution is -2.46. The van der Waals surface area contributed by atoms with Crippen LogP contribution in [0.15, 0.2) is 28.9 Å². The predicted octanol–water partition coefficient (Wildman–Crippen LogP) is 1.66. The van der Waals surface area contributed by atoms with Gasteiger partial charge >= 0.3 is 0 Å². The number of aliphatic hydroxyl groups is 1. The smallest absolute Gasteiger partial charge is 0.276 e.